The first-order valence-corrected chi connectivity index (χ1v) is 9.76. The summed E-state index contributed by atoms with van der Waals surface area (Å²) in [4.78, 5) is 5.04. The predicted octanol–water partition coefficient (Wildman–Crippen LogP) is 4.39. The van der Waals surface area contributed by atoms with E-state index in [1.807, 2.05) is 0 Å². The SMILES string of the molecule is CO/N=C1\CCC2(C)C(CCC3C4CCC(O)C4(C)CCC32)C1. The van der Waals surface area contributed by atoms with Crippen molar-refractivity contribution in [3.63, 3.8) is 0 Å². The molecule has 0 aromatic carbocycles. The molecule has 4 rings (SSSR count). The van der Waals surface area contributed by atoms with E-state index in [9.17, 15) is 5.11 Å². The molecule has 130 valence electrons. The molecule has 0 heterocycles. The summed E-state index contributed by atoms with van der Waals surface area (Å²) in [6.45, 7) is 4.95. The average molecular weight is 319 g/mol. The van der Waals surface area contributed by atoms with Crippen molar-refractivity contribution in [2.45, 2.75) is 77.7 Å². The van der Waals surface area contributed by atoms with E-state index < -0.39 is 0 Å². The van der Waals surface area contributed by atoms with E-state index in [-0.39, 0.29) is 11.5 Å². The summed E-state index contributed by atoms with van der Waals surface area (Å²) in [6.07, 6.45) is 11.1. The van der Waals surface area contributed by atoms with Gasteiger partial charge < -0.3 is 9.94 Å². The molecule has 1 N–H and O–H groups in total. The van der Waals surface area contributed by atoms with Crippen molar-refractivity contribution >= 4 is 5.71 Å². The summed E-state index contributed by atoms with van der Waals surface area (Å²) >= 11 is 0. The first kappa shape index (κ1) is 15.9. The van der Waals surface area contributed by atoms with E-state index in [1.54, 1.807) is 7.11 Å². The lowest BCUT2D eigenvalue weighted by Crippen LogP contribution is -2.54. The Hall–Kier alpha value is -0.570. The van der Waals surface area contributed by atoms with E-state index in [0.29, 0.717) is 5.41 Å². The molecule has 3 nitrogen and oxygen atoms in total. The lowest BCUT2D eigenvalue weighted by atomic mass is 9.45. The molecule has 4 aliphatic rings. The lowest BCUT2D eigenvalue weighted by Gasteiger charge is -2.60. The summed E-state index contributed by atoms with van der Waals surface area (Å²) in [5.41, 5.74) is 1.98. The highest BCUT2D eigenvalue weighted by Crippen LogP contribution is 2.65. The van der Waals surface area contributed by atoms with Gasteiger partial charge in [-0.05, 0) is 92.3 Å². The maximum atomic E-state index is 10.5. The van der Waals surface area contributed by atoms with E-state index in [4.69, 9.17) is 4.84 Å². The summed E-state index contributed by atoms with van der Waals surface area (Å²) in [7, 11) is 1.67. The van der Waals surface area contributed by atoms with Crippen LogP contribution in [0.3, 0.4) is 0 Å². The van der Waals surface area contributed by atoms with Gasteiger partial charge in [0.25, 0.3) is 0 Å². The van der Waals surface area contributed by atoms with Crippen LogP contribution in [0.15, 0.2) is 5.16 Å². The van der Waals surface area contributed by atoms with Crippen molar-refractivity contribution in [2.75, 3.05) is 7.11 Å². The van der Waals surface area contributed by atoms with Crippen LogP contribution in [0.2, 0.25) is 0 Å². The Labute approximate surface area is 140 Å². The molecule has 7 atom stereocenters. The van der Waals surface area contributed by atoms with Gasteiger partial charge in [-0.2, -0.15) is 0 Å². The van der Waals surface area contributed by atoms with Crippen molar-refractivity contribution in [2.24, 2.45) is 39.7 Å². The van der Waals surface area contributed by atoms with Crippen LogP contribution in [0.5, 0.6) is 0 Å². The third-order valence-electron chi connectivity index (χ3n) is 8.67. The minimum absolute atomic E-state index is 0.0502. The Kier molecular flexibility index (Phi) is 3.79. The second-order valence-electron chi connectivity index (χ2n) is 9.34. The molecule has 0 bridgehead atoms. The topological polar surface area (TPSA) is 41.8 Å². The molecular formula is C20H33NO2. The average Bonchev–Trinajstić information content (AvgIpc) is 2.84. The van der Waals surface area contributed by atoms with E-state index in [1.165, 1.54) is 44.2 Å². The molecule has 0 spiro atoms. The zero-order valence-electron chi connectivity index (χ0n) is 15.1. The highest BCUT2D eigenvalue weighted by Gasteiger charge is 2.59. The van der Waals surface area contributed by atoms with Gasteiger partial charge in [-0.1, -0.05) is 19.0 Å². The van der Waals surface area contributed by atoms with E-state index >= 15 is 0 Å². The van der Waals surface area contributed by atoms with Gasteiger partial charge in [0.15, 0.2) is 0 Å². The minimum atomic E-state index is -0.0502. The Morgan fingerprint density at radius 1 is 1.00 bits per heavy atom. The summed E-state index contributed by atoms with van der Waals surface area (Å²) in [5, 5.41) is 14.8. The minimum Gasteiger partial charge on any atom is -0.399 e. The van der Waals surface area contributed by atoms with Gasteiger partial charge in [-0.25, -0.2) is 0 Å². The molecule has 0 radical (unpaired) electrons. The summed E-state index contributed by atoms with van der Waals surface area (Å²) in [5.74, 6) is 3.28. The standard InChI is InChI=1S/C20H33NO2/c1-19-10-8-14(21-23-3)12-13(19)4-5-15-16-6-7-18(22)20(16,2)11-9-17(15)19/h13,15-18,22H,4-12H2,1-3H3/b21-14+. The number of oxime groups is 1. The number of hydrogen-bond acceptors (Lipinski definition) is 3. The van der Waals surface area contributed by atoms with Crippen LogP contribution in [0, 0.1) is 34.5 Å². The molecule has 4 saturated carbocycles. The van der Waals surface area contributed by atoms with Gasteiger partial charge in [0.2, 0.25) is 0 Å². The number of aliphatic hydroxyl groups is 1. The highest BCUT2D eigenvalue weighted by atomic mass is 16.6. The van der Waals surface area contributed by atoms with Crippen molar-refractivity contribution in [1.29, 1.82) is 0 Å². The lowest BCUT2D eigenvalue weighted by molar-refractivity contribution is -0.112. The summed E-state index contributed by atoms with van der Waals surface area (Å²) < 4.78 is 0. The van der Waals surface area contributed by atoms with Gasteiger partial charge in [-0.15, -0.1) is 0 Å². The fourth-order valence-electron chi connectivity index (χ4n) is 7.24. The van der Waals surface area contributed by atoms with E-state index in [2.05, 4.69) is 19.0 Å². The second kappa shape index (κ2) is 5.47. The van der Waals surface area contributed by atoms with Gasteiger partial charge in [0.05, 0.1) is 11.8 Å². The Bertz CT molecular complexity index is 504. The number of fused-ring (bicyclic) bond motifs is 5. The molecule has 0 aromatic rings. The van der Waals surface area contributed by atoms with Crippen molar-refractivity contribution in [3.05, 3.63) is 0 Å². The highest BCUT2D eigenvalue weighted by molar-refractivity contribution is 5.85. The van der Waals surface area contributed by atoms with Gasteiger partial charge in [0.1, 0.15) is 7.11 Å². The first-order valence-electron chi connectivity index (χ1n) is 9.76. The van der Waals surface area contributed by atoms with Crippen LogP contribution in [-0.4, -0.2) is 24.0 Å². The fraction of sp³-hybridized carbons (Fsp3) is 0.950. The molecule has 7 unspecified atom stereocenters. The number of hydrogen-bond donors (Lipinski definition) is 1. The number of nitrogens with zero attached hydrogens (tertiary/aromatic N) is 1. The molecule has 4 aliphatic carbocycles. The largest absolute Gasteiger partial charge is 0.399 e. The summed E-state index contributed by atoms with van der Waals surface area (Å²) in [6, 6.07) is 0. The molecular weight excluding hydrogens is 286 g/mol. The van der Waals surface area contributed by atoms with Gasteiger partial charge in [0, 0.05) is 0 Å². The Balaban J connectivity index is 1.58. The molecule has 0 amide bonds. The van der Waals surface area contributed by atoms with E-state index in [0.717, 1.165) is 42.9 Å². The van der Waals surface area contributed by atoms with Gasteiger partial charge in [-0.3, -0.25) is 0 Å². The third-order valence-corrected chi connectivity index (χ3v) is 8.67. The van der Waals surface area contributed by atoms with Crippen LogP contribution < -0.4 is 0 Å². The zero-order chi connectivity index (χ0) is 16.2. The molecule has 0 aliphatic heterocycles. The zero-order valence-corrected chi connectivity index (χ0v) is 15.1. The Morgan fingerprint density at radius 2 is 1.78 bits per heavy atom. The first-order chi connectivity index (χ1) is 11.0. The maximum Gasteiger partial charge on any atom is 0.106 e. The van der Waals surface area contributed by atoms with Crippen molar-refractivity contribution < 1.29 is 9.94 Å². The predicted molar refractivity (Wildman–Crippen MR) is 92.2 cm³/mol. The van der Waals surface area contributed by atoms with Crippen LogP contribution in [-0.2, 0) is 4.84 Å². The molecule has 23 heavy (non-hydrogen) atoms. The smallest absolute Gasteiger partial charge is 0.106 e. The normalized spacial score (nSPS) is 54.3. The van der Waals surface area contributed by atoms with Crippen LogP contribution >= 0.6 is 0 Å². The van der Waals surface area contributed by atoms with Crippen LogP contribution in [0.4, 0.5) is 0 Å². The second-order valence-corrected chi connectivity index (χ2v) is 9.34. The maximum absolute atomic E-state index is 10.5. The number of rotatable bonds is 1. The van der Waals surface area contributed by atoms with Gasteiger partial charge >= 0.3 is 0 Å². The van der Waals surface area contributed by atoms with Crippen molar-refractivity contribution in [1.82, 2.24) is 0 Å². The Morgan fingerprint density at radius 3 is 2.57 bits per heavy atom. The molecule has 0 saturated heterocycles. The quantitative estimate of drug-likeness (QED) is 0.728. The fourth-order valence-corrected chi connectivity index (χ4v) is 7.24. The van der Waals surface area contributed by atoms with Crippen LogP contribution in [0.1, 0.15) is 71.6 Å². The molecule has 0 aromatic heterocycles. The molecule has 3 heteroatoms. The molecule has 4 fully saturated rings. The van der Waals surface area contributed by atoms with Crippen LogP contribution in [0.25, 0.3) is 0 Å². The third kappa shape index (κ3) is 2.22. The monoisotopic (exact) mass is 319 g/mol. The van der Waals surface area contributed by atoms with Crippen molar-refractivity contribution in [3.8, 4) is 0 Å². The number of aliphatic hydroxyl groups excluding tert-OH is 1.